The molecular weight excluding hydrogens is 266 g/mol. The monoisotopic (exact) mass is 287 g/mol. The Morgan fingerprint density at radius 2 is 1.90 bits per heavy atom. The lowest BCUT2D eigenvalue weighted by Crippen LogP contribution is -2.48. The molecule has 0 aromatic rings. The fourth-order valence-corrected chi connectivity index (χ4v) is 1.95. The molecule has 0 spiro atoms. The number of piperidine rings is 1. The van der Waals surface area contributed by atoms with E-state index in [0.29, 0.717) is 39.1 Å². The van der Waals surface area contributed by atoms with Gasteiger partial charge in [-0.15, -0.1) is 0 Å². The molecule has 8 nitrogen and oxygen atoms in total. The van der Waals surface area contributed by atoms with Gasteiger partial charge in [-0.25, -0.2) is 4.79 Å². The predicted octanol–water partition coefficient (Wildman–Crippen LogP) is -0.745. The van der Waals surface area contributed by atoms with Crippen molar-refractivity contribution in [1.29, 1.82) is 0 Å². The molecule has 1 aliphatic rings. The summed E-state index contributed by atoms with van der Waals surface area (Å²) in [4.78, 5) is 35.5. The Kier molecular flexibility index (Phi) is 6.78. The molecule has 8 heteroatoms. The van der Waals surface area contributed by atoms with E-state index in [0.717, 1.165) is 0 Å². The van der Waals surface area contributed by atoms with Crippen molar-refractivity contribution in [3.63, 3.8) is 0 Å². The molecule has 114 valence electrons. The van der Waals surface area contributed by atoms with E-state index in [9.17, 15) is 14.4 Å². The van der Waals surface area contributed by atoms with Crippen LogP contribution in [-0.2, 0) is 14.3 Å². The van der Waals surface area contributed by atoms with Crippen LogP contribution in [0.5, 0.6) is 0 Å². The quantitative estimate of drug-likeness (QED) is 0.557. The van der Waals surface area contributed by atoms with Crippen molar-refractivity contribution in [3.05, 3.63) is 0 Å². The van der Waals surface area contributed by atoms with Crippen LogP contribution in [0.2, 0.25) is 0 Å². The molecule has 1 aliphatic heterocycles. The number of aliphatic carboxylic acids is 1. The van der Waals surface area contributed by atoms with Crippen LogP contribution >= 0.6 is 0 Å². The lowest BCUT2D eigenvalue weighted by molar-refractivity contribution is -0.143. The SMILES string of the molecule is COCCNC(=O)CNC(=O)N1CCC(C(=O)O)CC1. The number of carbonyl (C=O) groups is 3. The van der Waals surface area contributed by atoms with Crippen LogP contribution in [0.3, 0.4) is 0 Å². The summed E-state index contributed by atoms with van der Waals surface area (Å²) in [6, 6.07) is -0.337. The first kappa shape index (κ1) is 16.2. The molecule has 0 radical (unpaired) electrons. The second-order valence-electron chi connectivity index (χ2n) is 4.60. The molecule has 0 aromatic heterocycles. The summed E-state index contributed by atoms with van der Waals surface area (Å²) in [5, 5.41) is 14.0. The van der Waals surface area contributed by atoms with Gasteiger partial charge >= 0.3 is 12.0 Å². The molecule has 1 heterocycles. The largest absolute Gasteiger partial charge is 0.481 e. The van der Waals surface area contributed by atoms with Gasteiger partial charge in [-0.05, 0) is 12.8 Å². The smallest absolute Gasteiger partial charge is 0.317 e. The summed E-state index contributed by atoms with van der Waals surface area (Å²) in [5.74, 6) is -1.48. The molecule has 0 unspecified atom stereocenters. The topological polar surface area (TPSA) is 108 Å². The first-order valence-electron chi connectivity index (χ1n) is 6.55. The Morgan fingerprint density at radius 3 is 2.45 bits per heavy atom. The zero-order valence-corrected chi connectivity index (χ0v) is 11.6. The highest BCUT2D eigenvalue weighted by Gasteiger charge is 2.26. The maximum absolute atomic E-state index is 11.8. The van der Waals surface area contributed by atoms with E-state index >= 15 is 0 Å². The molecule has 0 aromatic carbocycles. The van der Waals surface area contributed by atoms with Gasteiger partial charge in [0.1, 0.15) is 0 Å². The number of hydrogen-bond donors (Lipinski definition) is 3. The van der Waals surface area contributed by atoms with Gasteiger partial charge in [-0.3, -0.25) is 9.59 Å². The van der Waals surface area contributed by atoms with Gasteiger partial charge in [0, 0.05) is 26.7 Å². The normalized spacial score (nSPS) is 15.8. The van der Waals surface area contributed by atoms with Gasteiger partial charge in [0.05, 0.1) is 19.1 Å². The average Bonchev–Trinajstić information content (AvgIpc) is 2.45. The summed E-state index contributed by atoms with van der Waals surface area (Å²) in [6.45, 7) is 1.52. The summed E-state index contributed by atoms with van der Waals surface area (Å²) >= 11 is 0. The Morgan fingerprint density at radius 1 is 1.25 bits per heavy atom. The van der Waals surface area contributed by atoms with Crippen molar-refractivity contribution in [3.8, 4) is 0 Å². The number of ether oxygens (including phenoxy) is 1. The number of nitrogens with zero attached hydrogens (tertiary/aromatic N) is 1. The first-order valence-corrected chi connectivity index (χ1v) is 6.55. The summed E-state index contributed by atoms with van der Waals surface area (Å²) in [6.07, 6.45) is 0.894. The van der Waals surface area contributed by atoms with Crippen molar-refractivity contribution in [1.82, 2.24) is 15.5 Å². The van der Waals surface area contributed by atoms with E-state index in [1.807, 2.05) is 0 Å². The lowest BCUT2D eigenvalue weighted by Gasteiger charge is -2.30. The minimum absolute atomic E-state index is 0.0958. The van der Waals surface area contributed by atoms with E-state index < -0.39 is 5.97 Å². The average molecular weight is 287 g/mol. The Labute approximate surface area is 117 Å². The van der Waals surface area contributed by atoms with Crippen LogP contribution < -0.4 is 10.6 Å². The fraction of sp³-hybridized carbons (Fsp3) is 0.750. The van der Waals surface area contributed by atoms with Crippen LogP contribution in [-0.4, -0.2) is 67.8 Å². The molecule has 1 rings (SSSR count). The first-order chi connectivity index (χ1) is 9.54. The molecule has 3 amide bonds. The number of carbonyl (C=O) groups excluding carboxylic acids is 2. The van der Waals surface area contributed by atoms with Gasteiger partial charge in [-0.1, -0.05) is 0 Å². The Bertz CT molecular complexity index is 353. The van der Waals surface area contributed by atoms with Crippen LogP contribution in [0.4, 0.5) is 4.79 Å². The number of nitrogens with one attached hydrogen (secondary N) is 2. The predicted molar refractivity (Wildman–Crippen MR) is 70.2 cm³/mol. The molecule has 1 fully saturated rings. The Balaban J connectivity index is 2.20. The molecular formula is C12H21N3O5. The number of methoxy groups -OCH3 is 1. The van der Waals surface area contributed by atoms with Crippen LogP contribution in [0, 0.1) is 5.92 Å². The second-order valence-corrected chi connectivity index (χ2v) is 4.60. The van der Waals surface area contributed by atoms with Gasteiger partial charge in [-0.2, -0.15) is 0 Å². The van der Waals surface area contributed by atoms with Crippen molar-refractivity contribution >= 4 is 17.9 Å². The number of amides is 3. The molecule has 0 aliphatic carbocycles. The third-order valence-electron chi connectivity index (χ3n) is 3.16. The van der Waals surface area contributed by atoms with Crippen molar-refractivity contribution in [2.75, 3.05) is 39.9 Å². The molecule has 0 saturated carbocycles. The number of carboxylic acids is 1. The second kappa shape index (κ2) is 8.36. The van der Waals surface area contributed by atoms with Gasteiger partial charge in [0.2, 0.25) is 5.91 Å². The summed E-state index contributed by atoms with van der Waals surface area (Å²) < 4.78 is 4.78. The highest BCUT2D eigenvalue weighted by molar-refractivity contribution is 5.84. The van der Waals surface area contributed by atoms with E-state index in [-0.39, 0.29) is 24.4 Å². The maximum atomic E-state index is 11.8. The minimum Gasteiger partial charge on any atom is -0.481 e. The molecule has 0 atom stereocenters. The van der Waals surface area contributed by atoms with E-state index in [1.54, 1.807) is 0 Å². The Hall–Kier alpha value is -1.83. The van der Waals surface area contributed by atoms with E-state index in [4.69, 9.17) is 9.84 Å². The highest BCUT2D eigenvalue weighted by atomic mass is 16.5. The highest BCUT2D eigenvalue weighted by Crippen LogP contribution is 2.16. The summed E-state index contributed by atoms with van der Waals surface area (Å²) in [5.41, 5.74) is 0. The summed E-state index contributed by atoms with van der Waals surface area (Å²) in [7, 11) is 1.54. The minimum atomic E-state index is -0.817. The van der Waals surface area contributed by atoms with Gasteiger partial charge < -0.3 is 25.4 Å². The number of likely N-dealkylation sites (tertiary alicyclic amines) is 1. The number of carboxylic acid groups (broad SMARTS) is 1. The number of hydrogen-bond acceptors (Lipinski definition) is 4. The van der Waals surface area contributed by atoms with Crippen LogP contribution in [0.15, 0.2) is 0 Å². The zero-order valence-electron chi connectivity index (χ0n) is 11.6. The van der Waals surface area contributed by atoms with E-state index in [2.05, 4.69) is 10.6 Å². The molecule has 20 heavy (non-hydrogen) atoms. The molecule has 3 N–H and O–H groups in total. The van der Waals surface area contributed by atoms with Crippen molar-refractivity contribution in [2.24, 2.45) is 5.92 Å². The van der Waals surface area contributed by atoms with Gasteiger partial charge in [0.25, 0.3) is 0 Å². The molecule has 1 saturated heterocycles. The van der Waals surface area contributed by atoms with Crippen molar-refractivity contribution in [2.45, 2.75) is 12.8 Å². The number of rotatable bonds is 6. The molecule has 0 bridgehead atoms. The third kappa shape index (κ3) is 5.43. The number of urea groups is 1. The van der Waals surface area contributed by atoms with Gasteiger partial charge in [0.15, 0.2) is 0 Å². The van der Waals surface area contributed by atoms with E-state index in [1.165, 1.54) is 12.0 Å². The maximum Gasteiger partial charge on any atom is 0.317 e. The third-order valence-corrected chi connectivity index (χ3v) is 3.16. The van der Waals surface area contributed by atoms with Crippen molar-refractivity contribution < 1.29 is 24.2 Å². The lowest BCUT2D eigenvalue weighted by atomic mass is 9.97. The zero-order chi connectivity index (χ0) is 15.0. The van der Waals surface area contributed by atoms with Crippen LogP contribution in [0.1, 0.15) is 12.8 Å². The standard InChI is InChI=1S/C12H21N3O5/c1-20-7-4-13-10(16)8-14-12(19)15-5-2-9(3-6-15)11(17)18/h9H,2-8H2,1H3,(H,13,16)(H,14,19)(H,17,18). The fourth-order valence-electron chi connectivity index (χ4n) is 1.95. The van der Waals surface area contributed by atoms with Crippen LogP contribution in [0.25, 0.3) is 0 Å².